The lowest BCUT2D eigenvalue weighted by Crippen LogP contribution is -2.40. The van der Waals surface area contributed by atoms with E-state index < -0.39 is 17.7 Å². The Morgan fingerprint density at radius 3 is 2.17 bits per heavy atom. The third-order valence-electron chi connectivity index (χ3n) is 6.37. The van der Waals surface area contributed by atoms with Crippen LogP contribution >= 0.6 is 0 Å². The average Bonchev–Trinajstić information content (AvgIpc) is 3.72. The summed E-state index contributed by atoms with van der Waals surface area (Å²) in [5.74, 6) is -0.766. The summed E-state index contributed by atoms with van der Waals surface area (Å²) in [7, 11) is 0. The molecule has 14 nitrogen and oxygen atoms in total. The molecule has 4 amide bonds. The van der Waals surface area contributed by atoms with Crippen molar-refractivity contribution in [2.75, 3.05) is 58.0 Å². The topological polar surface area (TPSA) is 180 Å². The molecular formula is C28H44N6O8. The van der Waals surface area contributed by atoms with E-state index >= 15 is 0 Å². The molecule has 14 heteroatoms. The number of unbranched alkanes of at least 4 members (excludes halogenated alkanes) is 3. The first-order valence-electron chi connectivity index (χ1n) is 14.4. The van der Waals surface area contributed by atoms with Crippen LogP contribution in [0.4, 0.5) is 10.5 Å². The van der Waals surface area contributed by atoms with Gasteiger partial charge in [0.1, 0.15) is 6.61 Å². The smallest absolute Gasteiger partial charge is 0.407 e. The van der Waals surface area contributed by atoms with Gasteiger partial charge in [-0.25, -0.2) is 10.3 Å². The fraction of sp³-hybridized carbons (Fsp3) is 0.643. The number of hydrogen-bond donors (Lipinski definition) is 4. The zero-order valence-electron chi connectivity index (χ0n) is 24.6. The van der Waals surface area contributed by atoms with E-state index in [4.69, 9.17) is 19.4 Å². The first-order chi connectivity index (χ1) is 20.3. The molecule has 0 fully saturated rings. The van der Waals surface area contributed by atoms with E-state index in [2.05, 4.69) is 20.9 Å². The Morgan fingerprint density at radius 1 is 0.881 bits per heavy atom. The molecule has 0 aromatic heterocycles. The maximum atomic E-state index is 13.3. The fourth-order valence-electron chi connectivity index (χ4n) is 3.83. The van der Waals surface area contributed by atoms with E-state index in [0.29, 0.717) is 63.3 Å². The van der Waals surface area contributed by atoms with E-state index in [0.717, 1.165) is 12.8 Å². The van der Waals surface area contributed by atoms with E-state index in [1.807, 2.05) is 13.8 Å². The van der Waals surface area contributed by atoms with Crippen LogP contribution in [-0.2, 0) is 23.8 Å². The Morgan fingerprint density at radius 2 is 1.52 bits per heavy atom. The van der Waals surface area contributed by atoms with Gasteiger partial charge in [-0.3, -0.25) is 19.6 Å². The highest BCUT2D eigenvalue weighted by Crippen LogP contribution is 2.31. The van der Waals surface area contributed by atoms with Crippen molar-refractivity contribution in [1.82, 2.24) is 15.7 Å². The van der Waals surface area contributed by atoms with Gasteiger partial charge in [0.25, 0.3) is 5.91 Å². The van der Waals surface area contributed by atoms with Gasteiger partial charge in [-0.2, -0.15) is 10.2 Å². The second kappa shape index (κ2) is 19.5. The normalized spacial score (nSPS) is 12.8. The van der Waals surface area contributed by atoms with E-state index in [-0.39, 0.29) is 44.5 Å². The number of hydrogen-bond acceptors (Lipinski definition) is 10. The monoisotopic (exact) mass is 592 g/mol. The van der Waals surface area contributed by atoms with Crippen LogP contribution in [0.15, 0.2) is 34.5 Å². The number of benzene rings is 1. The van der Waals surface area contributed by atoms with Crippen LogP contribution in [0, 0.1) is 0 Å². The summed E-state index contributed by atoms with van der Waals surface area (Å²) in [4.78, 5) is 50.1. The molecule has 1 heterocycles. The van der Waals surface area contributed by atoms with Gasteiger partial charge < -0.3 is 29.7 Å². The van der Waals surface area contributed by atoms with Gasteiger partial charge in [0, 0.05) is 56.8 Å². The van der Waals surface area contributed by atoms with Crippen molar-refractivity contribution in [3.8, 4) is 0 Å². The number of carbonyl (C=O) groups excluding carboxylic acids is 4. The Hall–Kier alpha value is -3.62. The molecule has 0 atom stereocenters. The molecule has 4 N–H and O–H groups in total. The number of rotatable bonds is 22. The van der Waals surface area contributed by atoms with Crippen LogP contribution in [0.3, 0.4) is 0 Å². The molecule has 2 rings (SSSR count). The third kappa shape index (κ3) is 14.8. The van der Waals surface area contributed by atoms with Gasteiger partial charge >= 0.3 is 6.09 Å². The summed E-state index contributed by atoms with van der Waals surface area (Å²) < 4.78 is 15.6. The van der Waals surface area contributed by atoms with Crippen LogP contribution in [-0.4, -0.2) is 92.3 Å². The predicted octanol–water partition coefficient (Wildman–Crippen LogP) is 3.26. The molecule has 0 bridgehead atoms. The van der Waals surface area contributed by atoms with Crippen molar-refractivity contribution < 1.29 is 38.6 Å². The number of carbonyl (C=O) groups is 4. The molecule has 42 heavy (non-hydrogen) atoms. The largest absolute Gasteiger partial charge is 0.447 e. The van der Waals surface area contributed by atoms with E-state index in [1.165, 1.54) is 0 Å². The van der Waals surface area contributed by atoms with Crippen molar-refractivity contribution in [3.05, 3.63) is 29.8 Å². The number of amides is 4. The van der Waals surface area contributed by atoms with Crippen molar-refractivity contribution in [2.45, 2.75) is 64.5 Å². The molecule has 0 radical (unpaired) electrons. The third-order valence-corrected chi connectivity index (χ3v) is 6.37. The number of nitrogens with zero attached hydrogens (tertiary/aromatic N) is 3. The van der Waals surface area contributed by atoms with Gasteiger partial charge in [0.15, 0.2) is 5.66 Å². The summed E-state index contributed by atoms with van der Waals surface area (Å²) in [6.07, 6.45) is 3.47. The molecule has 0 spiro atoms. The van der Waals surface area contributed by atoms with Crippen LogP contribution in [0.1, 0.15) is 69.2 Å². The molecule has 0 unspecified atom stereocenters. The summed E-state index contributed by atoms with van der Waals surface area (Å²) in [6, 6.07) is 6.65. The number of ether oxygens (including phenoxy) is 3. The summed E-state index contributed by atoms with van der Waals surface area (Å²) >= 11 is 0. The number of nitrogens with one attached hydrogen (secondary N) is 3. The lowest BCUT2D eigenvalue weighted by Gasteiger charge is -2.24. The minimum Gasteiger partial charge on any atom is -0.447 e. The first kappa shape index (κ1) is 34.6. The Bertz CT molecular complexity index is 1010. The number of anilines is 1. The van der Waals surface area contributed by atoms with Crippen molar-refractivity contribution in [2.24, 2.45) is 10.2 Å². The molecule has 234 valence electrons. The molecule has 1 aromatic carbocycles. The zero-order chi connectivity index (χ0) is 30.6. The highest BCUT2D eigenvalue weighted by molar-refractivity contribution is 5.95. The predicted molar refractivity (Wildman–Crippen MR) is 153 cm³/mol. The van der Waals surface area contributed by atoms with Crippen LogP contribution < -0.4 is 16.1 Å². The van der Waals surface area contributed by atoms with Crippen LogP contribution in [0.2, 0.25) is 0 Å². The Balaban J connectivity index is 1.75. The van der Waals surface area contributed by atoms with Gasteiger partial charge in [-0.15, -0.1) is 0 Å². The van der Waals surface area contributed by atoms with Crippen molar-refractivity contribution >= 4 is 29.5 Å². The minimum absolute atomic E-state index is 0.108. The minimum atomic E-state index is -0.593. The SMILES string of the molecule is CCOCCOCCOC(=O)NCCN(CCC1(C)N=N1)C(=O)c1ccc(NC(=O)CCCCCCC(=O)NO)cc1. The number of alkyl carbamates (subject to hydrolysis) is 1. The Labute approximate surface area is 246 Å². The lowest BCUT2D eigenvalue weighted by atomic mass is 10.1. The molecule has 0 saturated heterocycles. The van der Waals surface area contributed by atoms with Crippen LogP contribution in [0.25, 0.3) is 0 Å². The fourth-order valence-corrected chi connectivity index (χ4v) is 3.83. The van der Waals surface area contributed by atoms with Gasteiger partial charge in [0.05, 0.1) is 19.8 Å². The van der Waals surface area contributed by atoms with Crippen molar-refractivity contribution in [3.63, 3.8) is 0 Å². The van der Waals surface area contributed by atoms with Crippen molar-refractivity contribution in [1.29, 1.82) is 0 Å². The molecule has 1 aliphatic heterocycles. The molecule has 1 aromatic rings. The maximum Gasteiger partial charge on any atom is 0.407 e. The average molecular weight is 593 g/mol. The maximum absolute atomic E-state index is 13.3. The highest BCUT2D eigenvalue weighted by atomic mass is 16.6. The molecule has 1 aliphatic rings. The molecule has 0 saturated carbocycles. The Kier molecular flexibility index (Phi) is 16.0. The lowest BCUT2D eigenvalue weighted by molar-refractivity contribution is -0.129. The summed E-state index contributed by atoms with van der Waals surface area (Å²) in [5, 5.41) is 22.0. The zero-order valence-corrected chi connectivity index (χ0v) is 24.6. The summed E-state index contributed by atoms with van der Waals surface area (Å²) in [6.45, 7) is 6.55. The second-order valence-corrected chi connectivity index (χ2v) is 9.91. The van der Waals surface area contributed by atoms with Gasteiger partial charge in [-0.1, -0.05) is 12.8 Å². The number of hydroxylamine groups is 1. The van der Waals surface area contributed by atoms with Gasteiger partial charge in [-0.05, 0) is 51.0 Å². The second-order valence-electron chi connectivity index (χ2n) is 9.91. The van der Waals surface area contributed by atoms with Crippen LogP contribution in [0.5, 0.6) is 0 Å². The van der Waals surface area contributed by atoms with Gasteiger partial charge in [0.2, 0.25) is 11.8 Å². The quantitative estimate of drug-likeness (QED) is 0.0899. The van der Waals surface area contributed by atoms with E-state index in [9.17, 15) is 19.2 Å². The molecular weight excluding hydrogens is 548 g/mol. The first-order valence-corrected chi connectivity index (χ1v) is 14.4. The standard InChI is InChI=1S/C28H44N6O8/c1-3-40-18-19-41-20-21-42-27(38)29-15-17-34(16-14-28(2)32-33-28)26(37)22-10-12-23(13-11-22)30-24(35)8-6-4-5-7-9-25(36)31-39/h10-13,39H,3-9,14-21H2,1-2H3,(H,29,38)(H,30,35)(H,31,36). The van der Waals surface area contributed by atoms with E-state index in [1.54, 1.807) is 34.6 Å². The summed E-state index contributed by atoms with van der Waals surface area (Å²) in [5.41, 5.74) is 2.15. The highest BCUT2D eigenvalue weighted by Gasteiger charge is 2.34. The molecule has 0 aliphatic carbocycles.